The minimum absolute atomic E-state index is 0.177. The van der Waals surface area contributed by atoms with Crippen molar-refractivity contribution in [2.45, 2.75) is 11.8 Å². The van der Waals surface area contributed by atoms with Gasteiger partial charge >= 0.3 is 0 Å². The number of rotatable bonds is 6. The lowest BCUT2D eigenvalue weighted by atomic mass is 10.2. The Balaban J connectivity index is 1.43. The van der Waals surface area contributed by atoms with E-state index in [1.54, 1.807) is 31.2 Å². The Hall–Kier alpha value is -2.95. The molecule has 2 N–H and O–H groups in total. The summed E-state index contributed by atoms with van der Waals surface area (Å²) in [5, 5.41) is 3.21. The standard InChI is InChI=1S/C20H19N3O5S2/c1-2-21-30(25,26)14-6-3-13(4-7-14)5-8-19(24)23-20-22-15-11-16-17(12-18(15)29-20)28-10-9-27-16/h3-8,11-12,21H,2,9-10H2,1H3,(H,22,23,24)/b8-5+. The number of aromatic nitrogens is 1. The Morgan fingerprint density at radius 2 is 1.87 bits per heavy atom. The van der Waals surface area contributed by atoms with Gasteiger partial charge in [-0.1, -0.05) is 30.4 Å². The molecular formula is C20H19N3O5S2. The number of hydrogen-bond acceptors (Lipinski definition) is 7. The predicted octanol–water partition coefficient (Wildman–Crippen LogP) is 3.02. The molecule has 10 heteroatoms. The fraction of sp³-hybridized carbons (Fsp3) is 0.200. The van der Waals surface area contributed by atoms with Crippen LogP contribution in [0.1, 0.15) is 12.5 Å². The molecule has 2 aromatic carbocycles. The van der Waals surface area contributed by atoms with Crippen LogP contribution in [0, 0.1) is 0 Å². The van der Waals surface area contributed by atoms with E-state index >= 15 is 0 Å². The first-order chi connectivity index (χ1) is 14.4. The smallest absolute Gasteiger partial charge is 0.250 e. The van der Waals surface area contributed by atoms with Crippen LogP contribution < -0.4 is 19.5 Å². The van der Waals surface area contributed by atoms with Crippen LogP contribution in [-0.4, -0.2) is 39.1 Å². The molecule has 0 atom stereocenters. The lowest BCUT2D eigenvalue weighted by molar-refractivity contribution is -0.111. The van der Waals surface area contributed by atoms with Gasteiger partial charge in [0.1, 0.15) is 13.2 Å². The van der Waals surface area contributed by atoms with Crippen molar-refractivity contribution in [3.05, 3.63) is 48.0 Å². The summed E-state index contributed by atoms with van der Waals surface area (Å²) in [4.78, 5) is 16.8. The van der Waals surface area contributed by atoms with Crippen molar-refractivity contribution < 1.29 is 22.7 Å². The first-order valence-corrected chi connectivity index (χ1v) is 11.5. The van der Waals surface area contributed by atoms with Crippen LogP contribution in [0.4, 0.5) is 5.13 Å². The average molecular weight is 446 g/mol. The Kier molecular flexibility index (Phi) is 5.71. The molecule has 0 saturated heterocycles. The van der Waals surface area contributed by atoms with Crippen molar-refractivity contribution in [1.82, 2.24) is 9.71 Å². The van der Waals surface area contributed by atoms with Crippen molar-refractivity contribution in [2.24, 2.45) is 0 Å². The molecule has 0 aliphatic carbocycles. The summed E-state index contributed by atoms with van der Waals surface area (Å²) in [5.74, 6) is 0.988. The third-order valence-corrected chi connectivity index (χ3v) is 6.73. The summed E-state index contributed by atoms with van der Waals surface area (Å²) in [7, 11) is -3.50. The summed E-state index contributed by atoms with van der Waals surface area (Å²) in [6, 6.07) is 9.92. The largest absolute Gasteiger partial charge is 0.486 e. The van der Waals surface area contributed by atoms with E-state index in [4.69, 9.17) is 9.47 Å². The van der Waals surface area contributed by atoms with E-state index in [0.717, 1.165) is 10.2 Å². The number of benzene rings is 2. The van der Waals surface area contributed by atoms with Gasteiger partial charge in [-0.05, 0) is 23.8 Å². The Morgan fingerprint density at radius 1 is 1.17 bits per heavy atom. The van der Waals surface area contributed by atoms with E-state index in [2.05, 4.69) is 15.0 Å². The molecule has 0 fully saturated rings. The monoisotopic (exact) mass is 445 g/mol. The van der Waals surface area contributed by atoms with Crippen molar-refractivity contribution in [3.63, 3.8) is 0 Å². The first kappa shape index (κ1) is 20.3. The SMILES string of the molecule is CCNS(=O)(=O)c1ccc(/C=C/C(=O)Nc2nc3cc4c(cc3s2)OCCO4)cc1. The van der Waals surface area contributed by atoms with E-state index in [1.165, 1.54) is 29.5 Å². The second kappa shape index (κ2) is 8.42. The molecular weight excluding hydrogens is 426 g/mol. The zero-order chi connectivity index (χ0) is 21.1. The van der Waals surface area contributed by atoms with Crippen LogP contribution in [0.5, 0.6) is 11.5 Å². The number of nitrogens with zero attached hydrogens (tertiary/aromatic N) is 1. The Labute approximate surface area is 177 Å². The van der Waals surface area contributed by atoms with E-state index in [0.29, 0.717) is 42.0 Å². The number of carbonyl (C=O) groups excluding carboxylic acids is 1. The molecule has 8 nitrogen and oxygen atoms in total. The zero-order valence-corrected chi connectivity index (χ0v) is 17.7. The van der Waals surface area contributed by atoms with E-state index in [-0.39, 0.29) is 10.8 Å². The van der Waals surface area contributed by atoms with Gasteiger partial charge in [-0.2, -0.15) is 0 Å². The highest BCUT2D eigenvalue weighted by Crippen LogP contribution is 2.37. The number of anilines is 1. The van der Waals surface area contributed by atoms with Crippen LogP contribution in [0.25, 0.3) is 16.3 Å². The van der Waals surface area contributed by atoms with Crippen molar-refractivity contribution in [2.75, 3.05) is 25.1 Å². The number of fused-ring (bicyclic) bond motifs is 2. The summed E-state index contributed by atoms with van der Waals surface area (Å²) < 4.78 is 38.3. The maximum absolute atomic E-state index is 12.2. The molecule has 0 bridgehead atoms. The van der Waals surface area contributed by atoms with Gasteiger partial charge in [-0.15, -0.1) is 0 Å². The lowest BCUT2D eigenvalue weighted by Crippen LogP contribution is -2.22. The first-order valence-electron chi connectivity index (χ1n) is 9.23. The minimum Gasteiger partial charge on any atom is -0.486 e. The lowest BCUT2D eigenvalue weighted by Gasteiger charge is -2.17. The van der Waals surface area contributed by atoms with Gasteiger partial charge < -0.3 is 9.47 Å². The number of ether oxygens (including phenoxy) is 2. The Morgan fingerprint density at radius 3 is 2.57 bits per heavy atom. The number of carbonyl (C=O) groups is 1. The van der Waals surface area contributed by atoms with Crippen molar-refractivity contribution in [3.8, 4) is 11.5 Å². The summed E-state index contributed by atoms with van der Waals surface area (Å²) in [6.07, 6.45) is 2.98. The molecule has 1 amide bonds. The van der Waals surface area contributed by atoms with Crippen molar-refractivity contribution >= 4 is 48.7 Å². The van der Waals surface area contributed by atoms with E-state index in [9.17, 15) is 13.2 Å². The van der Waals surface area contributed by atoms with Gasteiger partial charge in [0.25, 0.3) is 0 Å². The molecule has 3 aromatic rings. The highest BCUT2D eigenvalue weighted by atomic mass is 32.2. The molecule has 1 aliphatic rings. The van der Waals surface area contributed by atoms with E-state index in [1.807, 2.05) is 6.07 Å². The number of amides is 1. The van der Waals surface area contributed by atoms with Crippen LogP contribution in [-0.2, 0) is 14.8 Å². The van der Waals surface area contributed by atoms with Crippen LogP contribution in [0.2, 0.25) is 0 Å². The maximum Gasteiger partial charge on any atom is 0.250 e. The fourth-order valence-corrected chi connectivity index (χ4v) is 4.79. The molecule has 0 saturated carbocycles. The molecule has 156 valence electrons. The summed E-state index contributed by atoms with van der Waals surface area (Å²) >= 11 is 1.34. The number of sulfonamides is 1. The van der Waals surface area contributed by atoms with E-state index < -0.39 is 10.0 Å². The quantitative estimate of drug-likeness (QED) is 0.565. The molecule has 1 aromatic heterocycles. The fourth-order valence-electron chi connectivity index (χ4n) is 2.87. The minimum atomic E-state index is -3.50. The van der Waals surface area contributed by atoms with Gasteiger partial charge in [0.2, 0.25) is 15.9 Å². The predicted molar refractivity (Wildman–Crippen MR) is 116 cm³/mol. The molecule has 30 heavy (non-hydrogen) atoms. The summed E-state index contributed by atoms with van der Waals surface area (Å²) in [6.45, 7) is 3.04. The number of nitrogens with one attached hydrogen (secondary N) is 2. The third-order valence-electron chi connectivity index (χ3n) is 4.23. The second-order valence-electron chi connectivity index (χ2n) is 6.38. The molecule has 0 radical (unpaired) electrons. The average Bonchev–Trinajstić information content (AvgIpc) is 3.11. The molecule has 0 spiro atoms. The van der Waals surface area contributed by atoms with Crippen molar-refractivity contribution in [1.29, 1.82) is 0 Å². The summed E-state index contributed by atoms with van der Waals surface area (Å²) in [5.41, 5.74) is 1.42. The highest BCUT2D eigenvalue weighted by molar-refractivity contribution is 7.89. The molecule has 2 heterocycles. The normalized spacial score (nSPS) is 13.6. The van der Waals surface area contributed by atoms with Gasteiger partial charge in [-0.3, -0.25) is 10.1 Å². The van der Waals surface area contributed by atoms with Gasteiger partial charge in [0.05, 0.1) is 15.1 Å². The van der Waals surface area contributed by atoms with Crippen LogP contribution in [0.3, 0.4) is 0 Å². The number of hydrogen-bond donors (Lipinski definition) is 2. The highest BCUT2D eigenvalue weighted by Gasteiger charge is 2.16. The molecule has 4 rings (SSSR count). The number of thiazole rings is 1. The topological polar surface area (TPSA) is 107 Å². The van der Waals surface area contributed by atoms with Gasteiger partial charge in [0.15, 0.2) is 16.6 Å². The van der Waals surface area contributed by atoms with Gasteiger partial charge in [-0.25, -0.2) is 18.1 Å². The van der Waals surface area contributed by atoms with Gasteiger partial charge in [0, 0.05) is 24.8 Å². The van der Waals surface area contributed by atoms with Crippen LogP contribution in [0.15, 0.2) is 47.4 Å². The zero-order valence-electron chi connectivity index (χ0n) is 16.0. The maximum atomic E-state index is 12.2. The van der Waals surface area contributed by atoms with Crippen LogP contribution >= 0.6 is 11.3 Å². The molecule has 0 unspecified atom stereocenters. The Bertz CT molecular complexity index is 1170. The third kappa shape index (κ3) is 4.45. The molecule has 1 aliphatic heterocycles. The second-order valence-corrected chi connectivity index (χ2v) is 9.17.